The molecule has 110 valence electrons. The number of hydrogen-bond donors (Lipinski definition) is 1. The Morgan fingerprint density at radius 3 is 2.20 bits per heavy atom. The fourth-order valence-electron chi connectivity index (χ4n) is 2.86. The van der Waals surface area contributed by atoms with Crippen molar-refractivity contribution in [1.82, 2.24) is 0 Å². The van der Waals surface area contributed by atoms with Crippen LogP contribution in [-0.4, -0.2) is 35.8 Å². The van der Waals surface area contributed by atoms with E-state index in [1.807, 2.05) is 34.6 Å². The van der Waals surface area contributed by atoms with Crippen molar-refractivity contribution in [3.63, 3.8) is 0 Å². The van der Waals surface area contributed by atoms with Crippen molar-refractivity contribution in [3.8, 4) is 0 Å². The van der Waals surface area contributed by atoms with Gasteiger partial charge in [-0.2, -0.15) is 0 Å². The molecule has 0 aromatic heterocycles. The minimum atomic E-state index is -1.03. The van der Waals surface area contributed by atoms with Gasteiger partial charge < -0.3 is 19.2 Å². The summed E-state index contributed by atoms with van der Waals surface area (Å²) in [6.07, 6.45) is 3.88. The molecule has 2 aliphatic heterocycles. The molecule has 2 fully saturated rings. The minimum absolute atomic E-state index is 0.344. The SMILES string of the molecule is CC1=C(C2(O)CO2)CCC=C1B1OC(C)(C)C(C)(C)O1. The van der Waals surface area contributed by atoms with Crippen LogP contribution in [0.25, 0.3) is 0 Å². The summed E-state index contributed by atoms with van der Waals surface area (Å²) in [6, 6.07) is 0. The van der Waals surface area contributed by atoms with Crippen molar-refractivity contribution >= 4 is 7.12 Å². The molecule has 0 amide bonds. The molecule has 4 nitrogen and oxygen atoms in total. The fourth-order valence-corrected chi connectivity index (χ4v) is 2.86. The zero-order valence-electron chi connectivity index (χ0n) is 12.9. The Morgan fingerprint density at radius 2 is 1.70 bits per heavy atom. The minimum Gasteiger partial charge on any atom is -0.399 e. The molecule has 3 rings (SSSR count). The van der Waals surface area contributed by atoms with Crippen LogP contribution in [0, 0.1) is 0 Å². The van der Waals surface area contributed by atoms with Crippen LogP contribution in [0.4, 0.5) is 0 Å². The van der Waals surface area contributed by atoms with Gasteiger partial charge in [0.2, 0.25) is 5.79 Å². The lowest BCUT2D eigenvalue weighted by Crippen LogP contribution is -2.41. The summed E-state index contributed by atoms with van der Waals surface area (Å²) >= 11 is 0. The first-order valence-electron chi connectivity index (χ1n) is 7.29. The van der Waals surface area contributed by atoms with Gasteiger partial charge in [-0.1, -0.05) is 6.08 Å². The zero-order valence-corrected chi connectivity index (χ0v) is 12.9. The summed E-state index contributed by atoms with van der Waals surface area (Å²) in [5, 5.41) is 10.2. The van der Waals surface area contributed by atoms with Crippen LogP contribution in [-0.2, 0) is 14.0 Å². The maximum Gasteiger partial charge on any atom is 0.494 e. The molecule has 0 aromatic carbocycles. The van der Waals surface area contributed by atoms with E-state index in [0.29, 0.717) is 6.61 Å². The van der Waals surface area contributed by atoms with Crippen molar-refractivity contribution in [3.05, 3.63) is 22.7 Å². The predicted octanol–water partition coefficient (Wildman–Crippen LogP) is 2.37. The van der Waals surface area contributed by atoms with Crippen molar-refractivity contribution < 1.29 is 19.2 Å². The molecule has 1 atom stereocenters. The standard InChI is InChI=1S/C15H23BO4/c1-10-11(15(17)9-18-15)7-6-8-12(10)16-19-13(2,3)14(4,5)20-16/h8,17H,6-7,9H2,1-5H3. The average Bonchev–Trinajstić information content (AvgIpc) is 3.01. The first-order valence-corrected chi connectivity index (χ1v) is 7.29. The normalized spacial score (nSPS) is 35.3. The highest BCUT2D eigenvalue weighted by molar-refractivity contribution is 6.56. The van der Waals surface area contributed by atoms with Gasteiger partial charge >= 0.3 is 7.12 Å². The second-order valence-corrected chi connectivity index (χ2v) is 6.96. The molecule has 1 unspecified atom stereocenters. The fraction of sp³-hybridized carbons (Fsp3) is 0.733. The first-order chi connectivity index (χ1) is 9.16. The lowest BCUT2D eigenvalue weighted by atomic mass is 9.69. The van der Waals surface area contributed by atoms with E-state index in [4.69, 9.17) is 14.0 Å². The predicted molar refractivity (Wildman–Crippen MR) is 77.0 cm³/mol. The van der Waals surface area contributed by atoms with Crippen LogP contribution in [0.2, 0.25) is 0 Å². The van der Waals surface area contributed by atoms with Gasteiger partial charge in [0.25, 0.3) is 0 Å². The second-order valence-electron chi connectivity index (χ2n) is 6.96. The average molecular weight is 278 g/mol. The van der Waals surface area contributed by atoms with E-state index in [9.17, 15) is 5.11 Å². The molecule has 2 saturated heterocycles. The largest absolute Gasteiger partial charge is 0.494 e. The summed E-state index contributed by atoms with van der Waals surface area (Å²) in [7, 11) is -0.363. The molecule has 0 bridgehead atoms. The van der Waals surface area contributed by atoms with E-state index < -0.39 is 5.79 Å². The molecule has 1 N–H and O–H groups in total. The maximum absolute atomic E-state index is 10.2. The van der Waals surface area contributed by atoms with Crippen LogP contribution in [0.5, 0.6) is 0 Å². The van der Waals surface area contributed by atoms with E-state index in [-0.39, 0.29) is 18.3 Å². The van der Waals surface area contributed by atoms with Crippen molar-refractivity contribution in [2.75, 3.05) is 6.61 Å². The molecule has 1 aliphatic carbocycles. The number of hydrogen-bond acceptors (Lipinski definition) is 4. The number of rotatable bonds is 2. The molecule has 5 heteroatoms. The zero-order chi connectivity index (χ0) is 14.8. The van der Waals surface area contributed by atoms with Crippen molar-refractivity contribution in [1.29, 1.82) is 0 Å². The highest BCUT2D eigenvalue weighted by Crippen LogP contribution is 2.44. The molecule has 20 heavy (non-hydrogen) atoms. The monoisotopic (exact) mass is 278 g/mol. The van der Waals surface area contributed by atoms with Gasteiger partial charge in [-0.15, -0.1) is 0 Å². The van der Waals surface area contributed by atoms with Gasteiger partial charge in [-0.25, -0.2) is 0 Å². The van der Waals surface area contributed by atoms with E-state index in [1.165, 1.54) is 0 Å². The Balaban J connectivity index is 1.89. The maximum atomic E-state index is 10.2. The van der Waals surface area contributed by atoms with E-state index in [0.717, 1.165) is 29.5 Å². The number of aliphatic hydroxyl groups is 1. The van der Waals surface area contributed by atoms with Gasteiger partial charge in [0.15, 0.2) is 0 Å². The molecule has 2 heterocycles. The van der Waals surface area contributed by atoms with E-state index in [2.05, 4.69) is 6.08 Å². The third kappa shape index (κ3) is 2.08. The Labute approximate surface area is 120 Å². The van der Waals surface area contributed by atoms with Gasteiger partial charge in [0.05, 0.1) is 11.2 Å². The Kier molecular flexibility index (Phi) is 3.01. The molecule has 0 saturated carbocycles. The van der Waals surface area contributed by atoms with E-state index in [1.54, 1.807) is 0 Å². The van der Waals surface area contributed by atoms with Crippen LogP contribution in [0.3, 0.4) is 0 Å². The summed E-state index contributed by atoms with van der Waals surface area (Å²) in [5.41, 5.74) is 2.38. The van der Waals surface area contributed by atoms with Crippen LogP contribution >= 0.6 is 0 Å². The van der Waals surface area contributed by atoms with Gasteiger partial charge in [0.1, 0.15) is 6.61 Å². The van der Waals surface area contributed by atoms with Crippen LogP contribution in [0.15, 0.2) is 22.7 Å². The van der Waals surface area contributed by atoms with Crippen LogP contribution < -0.4 is 0 Å². The third-order valence-corrected chi connectivity index (χ3v) is 5.04. The number of allylic oxidation sites excluding steroid dienone is 3. The first kappa shape index (κ1) is 14.3. The summed E-state index contributed by atoms with van der Waals surface area (Å²) < 4.78 is 17.4. The molecular weight excluding hydrogens is 255 g/mol. The lowest BCUT2D eigenvalue weighted by Gasteiger charge is -2.32. The van der Waals surface area contributed by atoms with Gasteiger partial charge in [0, 0.05) is 0 Å². The van der Waals surface area contributed by atoms with Crippen molar-refractivity contribution in [2.24, 2.45) is 0 Å². The Hall–Kier alpha value is -0.615. The third-order valence-electron chi connectivity index (χ3n) is 5.04. The van der Waals surface area contributed by atoms with Crippen molar-refractivity contribution in [2.45, 2.75) is 64.4 Å². The van der Waals surface area contributed by atoms with Crippen LogP contribution in [0.1, 0.15) is 47.5 Å². The summed E-state index contributed by atoms with van der Waals surface area (Å²) in [4.78, 5) is 0. The second kappa shape index (κ2) is 4.20. The lowest BCUT2D eigenvalue weighted by molar-refractivity contribution is 0.00578. The number of epoxide rings is 1. The molecule has 0 aromatic rings. The molecule has 0 spiro atoms. The highest BCUT2D eigenvalue weighted by Gasteiger charge is 2.54. The quantitative estimate of drug-likeness (QED) is 0.622. The van der Waals surface area contributed by atoms with E-state index >= 15 is 0 Å². The summed E-state index contributed by atoms with van der Waals surface area (Å²) in [6.45, 7) is 10.6. The van der Waals surface area contributed by atoms with Gasteiger partial charge in [-0.05, 0) is 64.1 Å². The summed E-state index contributed by atoms with van der Waals surface area (Å²) in [5.74, 6) is -1.03. The Morgan fingerprint density at radius 1 is 1.15 bits per heavy atom. The smallest absolute Gasteiger partial charge is 0.399 e. The molecule has 3 aliphatic rings. The number of ether oxygens (including phenoxy) is 1. The van der Waals surface area contributed by atoms with Gasteiger partial charge in [-0.3, -0.25) is 0 Å². The topological polar surface area (TPSA) is 51.2 Å². The Bertz CT molecular complexity index is 484. The molecular formula is C15H23BO4. The molecule has 0 radical (unpaired) electrons. The highest BCUT2D eigenvalue weighted by atomic mass is 16.7.